The van der Waals surface area contributed by atoms with Crippen molar-refractivity contribution in [3.63, 3.8) is 0 Å². The van der Waals surface area contributed by atoms with Gasteiger partial charge in [-0.1, -0.05) is 19.1 Å². The van der Waals surface area contributed by atoms with Gasteiger partial charge in [-0.15, -0.1) is 5.10 Å². The molecule has 21 heavy (non-hydrogen) atoms. The van der Waals surface area contributed by atoms with Gasteiger partial charge in [0, 0.05) is 39.0 Å². The van der Waals surface area contributed by atoms with E-state index in [1.54, 1.807) is 7.11 Å². The lowest BCUT2D eigenvalue weighted by Gasteiger charge is -2.25. The number of aromatic nitrogens is 3. The van der Waals surface area contributed by atoms with Crippen molar-refractivity contribution in [3.05, 3.63) is 11.9 Å². The molecule has 0 fully saturated rings. The predicted molar refractivity (Wildman–Crippen MR) is 85.2 cm³/mol. The van der Waals surface area contributed by atoms with Crippen molar-refractivity contribution in [2.75, 3.05) is 33.4 Å². The minimum Gasteiger partial charge on any atom is -0.383 e. The molecule has 1 N–H and O–H groups in total. The molecule has 6 nitrogen and oxygen atoms in total. The van der Waals surface area contributed by atoms with Crippen LogP contribution in [0.15, 0.2) is 6.20 Å². The third-order valence-electron chi connectivity index (χ3n) is 3.37. The van der Waals surface area contributed by atoms with Crippen LogP contribution in [-0.2, 0) is 17.8 Å². The molecule has 6 heteroatoms. The minimum absolute atomic E-state index is 0.510. The minimum atomic E-state index is 0.510. The zero-order valence-electron chi connectivity index (χ0n) is 14.2. The molecule has 1 aromatic rings. The van der Waals surface area contributed by atoms with Crippen molar-refractivity contribution >= 4 is 0 Å². The molecule has 0 aromatic carbocycles. The van der Waals surface area contributed by atoms with Crippen LogP contribution in [-0.4, -0.2) is 59.3 Å². The lowest BCUT2D eigenvalue weighted by Crippen LogP contribution is -2.36. The van der Waals surface area contributed by atoms with E-state index < -0.39 is 0 Å². The van der Waals surface area contributed by atoms with Gasteiger partial charge in [0.15, 0.2) is 0 Å². The Morgan fingerprint density at radius 1 is 1.29 bits per heavy atom. The van der Waals surface area contributed by atoms with E-state index >= 15 is 0 Å². The second kappa shape index (κ2) is 9.87. The molecular formula is C15H31N5O. The van der Waals surface area contributed by atoms with Crippen LogP contribution < -0.4 is 5.32 Å². The summed E-state index contributed by atoms with van der Waals surface area (Å²) in [7, 11) is 1.74. The lowest BCUT2D eigenvalue weighted by molar-refractivity contribution is 0.125. The number of nitrogens with zero attached hydrogens (tertiary/aromatic N) is 4. The van der Waals surface area contributed by atoms with Crippen LogP contribution in [0.2, 0.25) is 0 Å². The van der Waals surface area contributed by atoms with Gasteiger partial charge >= 0.3 is 0 Å². The Morgan fingerprint density at radius 2 is 2.05 bits per heavy atom. The summed E-state index contributed by atoms with van der Waals surface area (Å²) in [5.41, 5.74) is 1.00. The van der Waals surface area contributed by atoms with Crippen LogP contribution in [0.3, 0.4) is 0 Å². The fourth-order valence-corrected chi connectivity index (χ4v) is 2.09. The fraction of sp³-hybridized carbons (Fsp3) is 0.867. The molecule has 0 bridgehead atoms. The summed E-state index contributed by atoms with van der Waals surface area (Å²) in [5, 5.41) is 11.8. The highest BCUT2D eigenvalue weighted by Crippen LogP contribution is 2.00. The summed E-state index contributed by atoms with van der Waals surface area (Å²) in [6.45, 7) is 14.1. The summed E-state index contributed by atoms with van der Waals surface area (Å²) < 4.78 is 7.08. The van der Waals surface area contributed by atoms with Gasteiger partial charge in [0.2, 0.25) is 0 Å². The van der Waals surface area contributed by atoms with Crippen molar-refractivity contribution in [1.29, 1.82) is 0 Å². The van der Waals surface area contributed by atoms with E-state index in [1.807, 2.05) is 10.9 Å². The second-order valence-corrected chi connectivity index (χ2v) is 6.12. The van der Waals surface area contributed by atoms with Crippen LogP contribution in [0, 0.1) is 5.92 Å². The standard InChI is InChI=1S/C15H31N5O/c1-13(2)10-16-11-15-12-20(18-17-15)7-6-19(14(3)4)8-9-21-5/h12-14,16H,6-11H2,1-5H3. The summed E-state index contributed by atoms with van der Waals surface area (Å²) in [6.07, 6.45) is 2.03. The first kappa shape index (κ1) is 18.1. The average Bonchev–Trinajstić information content (AvgIpc) is 2.86. The topological polar surface area (TPSA) is 55.2 Å². The molecular weight excluding hydrogens is 266 g/mol. The number of hydrogen-bond acceptors (Lipinski definition) is 5. The smallest absolute Gasteiger partial charge is 0.0964 e. The Labute approximate surface area is 128 Å². The first-order valence-electron chi connectivity index (χ1n) is 7.85. The SMILES string of the molecule is COCCN(CCn1cc(CNCC(C)C)nn1)C(C)C. The third kappa shape index (κ3) is 7.55. The Kier molecular flexibility index (Phi) is 8.49. The summed E-state index contributed by atoms with van der Waals surface area (Å²) in [4.78, 5) is 2.39. The van der Waals surface area contributed by atoms with Crippen molar-refractivity contribution < 1.29 is 4.74 Å². The van der Waals surface area contributed by atoms with Crippen LogP contribution in [0.25, 0.3) is 0 Å². The molecule has 0 radical (unpaired) electrons. The number of nitrogens with one attached hydrogen (secondary N) is 1. The van der Waals surface area contributed by atoms with E-state index in [-0.39, 0.29) is 0 Å². The molecule has 0 unspecified atom stereocenters. The van der Waals surface area contributed by atoms with E-state index in [1.165, 1.54) is 0 Å². The van der Waals surface area contributed by atoms with E-state index in [4.69, 9.17) is 4.74 Å². The summed E-state index contributed by atoms with van der Waals surface area (Å²) >= 11 is 0. The van der Waals surface area contributed by atoms with E-state index in [0.717, 1.165) is 45.0 Å². The lowest BCUT2D eigenvalue weighted by atomic mass is 10.2. The average molecular weight is 297 g/mol. The molecule has 122 valence electrons. The van der Waals surface area contributed by atoms with Gasteiger partial charge in [0.05, 0.1) is 18.8 Å². The molecule has 0 aliphatic rings. The van der Waals surface area contributed by atoms with Gasteiger partial charge in [0.1, 0.15) is 0 Å². The summed E-state index contributed by atoms with van der Waals surface area (Å²) in [5.74, 6) is 0.653. The van der Waals surface area contributed by atoms with E-state index in [0.29, 0.717) is 12.0 Å². The van der Waals surface area contributed by atoms with Gasteiger partial charge in [-0.2, -0.15) is 0 Å². The maximum atomic E-state index is 5.16. The first-order valence-corrected chi connectivity index (χ1v) is 7.85. The highest BCUT2D eigenvalue weighted by atomic mass is 16.5. The van der Waals surface area contributed by atoms with Gasteiger partial charge in [-0.3, -0.25) is 9.58 Å². The van der Waals surface area contributed by atoms with Crippen LogP contribution in [0.5, 0.6) is 0 Å². The highest BCUT2D eigenvalue weighted by Gasteiger charge is 2.09. The maximum absolute atomic E-state index is 5.16. The molecule has 1 rings (SSSR count). The summed E-state index contributed by atoms with van der Waals surface area (Å²) in [6, 6.07) is 0.510. The molecule has 1 heterocycles. The molecule has 0 aliphatic carbocycles. The molecule has 0 saturated carbocycles. The van der Waals surface area contributed by atoms with Gasteiger partial charge < -0.3 is 10.1 Å². The van der Waals surface area contributed by atoms with Crippen molar-refractivity contribution in [2.45, 2.75) is 46.8 Å². The van der Waals surface area contributed by atoms with Crippen LogP contribution in [0.1, 0.15) is 33.4 Å². The predicted octanol–water partition coefficient (Wildman–Crippen LogP) is 1.38. The molecule has 0 amide bonds. The van der Waals surface area contributed by atoms with E-state index in [9.17, 15) is 0 Å². The Morgan fingerprint density at radius 3 is 2.67 bits per heavy atom. The number of hydrogen-bond donors (Lipinski definition) is 1. The monoisotopic (exact) mass is 297 g/mol. The molecule has 0 saturated heterocycles. The van der Waals surface area contributed by atoms with Crippen LogP contribution >= 0.6 is 0 Å². The second-order valence-electron chi connectivity index (χ2n) is 6.12. The number of ether oxygens (including phenoxy) is 1. The fourth-order valence-electron chi connectivity index (χ4n) is 2.09. The molecule has 0 atom stereocenters. The van der Waals surface area contributed by atoms with Gasteiger partial charge in [-0.05, 0) is 26.3 Å². The van der Waals surface area contributed by atoms with Crippen LogP contribution in [0.4, 0.5) is 0 Å². The van der Waals surface area contributed by atoms with Gasteiger partial charge in [0.25, 0.3) is 0 Å². The molecule has 1 aromatic heterocycles. The van der Waals surface area contributed by atoms with E-state index in [2.05, 4.69) is 48.2 Å². The zero-order valence-corrected chi connectivity index (χ0v) is 14.2. The van der Waals surface area contributed by atoms with Gasteiger partial charge in [-0.25, -0.2) is 0 Å². The highest BCUT2D eigenvalue weighted by molar-refractivity contribution is 4.91. The van der Waals surface area contributed by atoms with Crippen molar-refractivity contribution in [2.24, 2.45) is 5.92 Å². The van der Waals surface area contributed by atoms with Crippen molar-refractivity contribution in [3.8, 4) is 0 Å². The first-order chi connectivity index (χ1) is 10.0. The van der Waals surface area contributed by atoms with Crippen molar-refractivity contribution in [1.82, 2.24) is 25.2 Å². The Hall–Kier alpha value is -0.980. The zero-order chi connectivity index (χ0) is 15.7. The Bertz CT molecular complexity index is 378. The third-order valence-corrected chi connectivity index (χ3v) is 3.37. The number of rotatable bonds is 11. The normalized spacial score (nSPS) is 12.0. The maximum Gasteiger partial charge on any atom is 0.0964 e. The quantitative estimate of drug-likeness (QED) is 0.669. The Balaban J connectivity index is 2.35. The number of methoxy groups -OCH3 is 1. The largest absolute Gasteiger partial charge is 0.383 e. The molecule has 0 aliphatic heterocycles. The molecule has 0 spiro atoms.